The zero-order valence-electron chi connectivity index (χ0n) is 17.3. The van der Waals surface area contributed by atoms with Crippen molar-refractivity contribution in [3.8, 4) is 0 Å². The molecule has 10 heteroatoms. The Morgan fingerprint density at radius 3 is 1.70 bits per heavy atom. The predicted molar refractivity (Wildman–Crippen MR) is 104 cm³/mol. The van der Waals surface area contributed by atoms with Crippen LogP contribution in [0.5, 0.6) is 0 Å². The van der Waals surface area contributed by atoms with Gasteiger partial charge in [-0.05, 0) is 12.8 Å². The minimum Gasteiger partial charge on any atom is -0.481 e. The van der Waals surface area contributed by atoms with E-state index >= 15 is 0 Å². The molecule has 6 N–H and O–H groups in total. The van der Waals surface area contributed by atoms with Crippen LogP contribution in [0.1, 0.15) is 77.0 Å². The summed E-state index contributed by atoms with van der Waals surface area (Å²) >= 11 is 0. The van der Waals surface area contributed by atoms with Crippen LogP contribution in [0, 0.1) is 0 Å². The standard InChI is InChI=1S/C20H36O10/c21-14(22)12-10-8-6-4-2-1-3-5-7-9-11-13-29-20(28)18(25)16(24)15(23)17(30-20)19(26)27/h15-18,23-25,28H,1-13H2,(H,21,22)(H,26,27)/t15-,16-,17-,18+,20+/m0/s1. The van der Waals surface area contributed by atoms with Crippen LogP contribution < -0.4 is 0 Å². The fourth-order valence-corrected chi connectivity index (χ4v) is 3.41. The Kier molecular flexibility index (Phi) is 12.4. The van der Waals surface area contributed by atoms with Crippen LogP contribution >= 0.6 is 0 Å². The van der Waals surface area contributed by atoms with E-state index in [2.05, 4.69) is 0 Å². The number of carbonyl (C=O) groups is 2. The highest BCUT2D eigenvalue weighted by Gasteiger charge is 2.56. The van der Waals surface area contributed by atoms with Crippen molar-refractivity contribution in [2.45, 2.75) is 107 Å². The van der Waals surface area contributed by atoms with Gasteiger partial charge in [0.25, 0.3) is 0 Å². The van der Waals surface area contributed by atoms with Crippen molar-refractivity contribution < 1.29 is 49.7 Å². The molecule has 0 amide bonds. The topological polar surface area (TPSA) is 174 Å². The molecule has 176 valence electrons. The molecule has 0 radical (unpaired) electrons. The number of carboxylic acids is 2. The van der Waals surface area contributed by atoms with Crippen LogP contribution in [0.25, 0.3) is 0 Å². The molecule has 1 aliphatic rings. The smallest absolute Gasteiger partial charge is 0.335 e. The van der Waals surface area contributed by atoms with Gasteiger partial charge in [0.2, 0.25) is 0 Å². The first-order chi connectivity index (χ1) is 14.2. The fourth-order valence-electron chi connectivity index (χ4n) is 3.41. The van der Waals surface area contributed by atoms with E-state index < -0.39 is 42.3 Å². The Labute approximate surface area is 176 Å². The van der Waals surface area contributed by atoms with E-state index in [-0.39, 0.29) is 13.0 Å². The number of ether oxygens (including phenoxy) is 2. The molecule has 5 atom stereocenters. The fraction of sp³-hybridized carbons (Fsp3) is 0.900. The van der Waals surface area contributed by atoms with Crippen LogP contribution in [-0.4, -0.2) is 79.6 Å². The summed E-state index contributed by atoms with van der Waals surface area (Å²) in [6, 6.07) is 0. The zero-order chi connectivity index (χ0) is 22.6. The van der Waals surface area contributed by atoms with Crippen molar-refractivity contribution in [3.63, 3.8) is 0 Å². The van der Waals surface area contributed by atoms with E-state index in [4.69, 9.17) is 19.7 Å². The number of unbranched alkanes of at least 4 members (excludes halogenated alkanes) is 10. The molecule has 0 aromatic rings. The van der Waals surface area contributed by atoms with Crippen molar-refractivity contribution >= 4 is 11.9 Å². The molecule has 10 nitrogen and oxygen atoms in total. The second-order valence-corrected chi connectivity index (χ2v) is 7.81. The molecule has 0 aliphatic carbocycles. The average Bonchev–Trinajstić information content (AvgIpc) is 2.69. The first-order valence-electron chi connectivity index (χ1n) is 10.7. The Hall–Kier alpha value is -1.30. The number of rotatable bonds is 16. The van der Waals surface area contributed by atoms with Crippen LogP contribution in [0.4, 0.5) is 0 Å². The molecule has 1 aliphatic heterocycles. The van der Waals surface area contributed by atoms with Crippen LogP contribution in [0.2, 0.25) is 0 Å². The summed E-state index contributed by atoms with van der Waals surface area (Å²) in [7, 11) is 0. The number of aliphatic hydroxyl groups is 4. The van der Waals surface area contributed by atoms with E-state index in [1.807, 2.05) is 0 Å². The molecule has 0 aromatic heterocycles. The molecule has 0 unspecified atom stereocenters. The third-order valence-electron chi connectivity index (χ3n) is 5.24. The summed E-state index contributed by atoms with van der Waals surface area (Å²) in [5.74, 6) is -5.01. The molecule has 0 bridgehead atoms. The van der Waals surface area contributed by atoms with Crippen LogP contribution in [0.3, 0.4) is 0 Å². The first-order valence-corrected chi connectivity index (χ1v) is 10.7. The molecule has 30 heavy (non-hydrogen) atoms. The maximum atomic E-state index is 11.1. The zero-order valence-corrected chi connectivity index (χ0v) is 17.3. The summed E-state index contributed by atoms with van der Waals surface area (Å²) in [5, 5.41) is 56.9. The summed E-state index contributed by atoms with van der Waals surface area (Å²) in [5.41, 5.74) is 0. The monoisotopic (exact) mass is 436 g/mol. The SMILES string of the molecule is O=C(O)CCCCCCCCCCCCCO[C@@]1(O)O[C@H](C(=O)O)[C@@H](O)[C@H](O)[C@H]1O. The summed E-state index contributed by atoms with van der Waals surface area (Å²) in [6.07, 6.45) is 3.17. The number of carboxylic acid groups (broad SMARTS) is 2. The van der Waals surface area contributed by atoms with Crippen molar-refractivity contribution in [1.82, 2.24) is 0 Å². The lowest BCUT2D eigenvalue weighted by Gasteiger charge is -2.43. The molecule has 0 spiro atoms. The summed E-state index contributed by atoms with van der Waals surface area (Å²) < 4.78 is 9.89. The predicted octanol–water partition coefficient (Wildman–Crippen LogP) is 0.981. The maximum absolute atomic E-state index is 11.1. The van der Waals surface area contributed by atoms with Gasteiger partial charge >= 0.3 is 17.9 Å². The lowest BCUT2D eigenvalue weighted by atomic mass is 9.97. The van der Waals surface area contributed by atoms with Crippen molar-refractivity contribution in [1.29, 1.82) is 0 Å². The Bertz CT molecular complexity index is 514. The van der Waals surface area contributed by atoms with Gasteiger partial charge < -0.3 is 40.1 Å². The Morgan fingerprint density at radius 2 is 1.23 bits per heavy atom. The van der Waals surface area contributed by atoms with Gasteiger partial charge in [-0.25, -0.2) is 4.79 Å². The Morgan fingerprint density at radius 1 is 0.767 bits per heavy atom. The first kappa shape index (κ1) is 26.7. The third-order valence-corrected chi connectivity index (χ3v) is 5.24. The normalized spacial score (nSPS) is 29.1. The highest BCUT2D eigenvalue weighted by Crippen LogP contribution is 2.29. The van der Waals surface area contributed by atoms with E-state index in [0.29, 0.717) is 6.42 Å². The summed E-state index contributed by atoms with van der Waals surface area (Å²) in [4.78, 5) is 21.4. The lowest BCUT2D eigenvalue weighted by Crippen LogP contribution is -2.67. The van der Waals surface area contributed by atoms with E-state index in [1.165, 1.54) is 0 Å². The van der Waals surface area contributed by atoms with Gasteiger partial charge in [0, 0.05) is 6.42 Å². The highest BCUT2D eigenvalue weighted by molar-refractivity contribution is 5.73. The molecule has 1 heterocycles. The second kappa shape index (κ2) is 13.9. The van der Waals surface area contributed by atoms with E-state index in [1.54, 1.807) is 0 Å². The van der Waals surface area contributed by atoms with Gasteiger partial charge in [-0.15, -0.1) is 0 Å². The van der Waals surface area contributed by atoms with Crippen LogP contribution in [0.15, 0.2) is 0 Å². The van der Waals surface area contributed by atoms with Crippen molar-refractivity contribution in [2.24, 2.45) is 0 Å². The third kappa shape index (κ3) is 9.23. The molecular formula is C20H36O10. The largest absolute Gasteiger partial charge is 0.481 e. The van der Waals surface area contributed by atoms with Gasteiger partial charge in [0.05, 0.1) is 6.61 Å². The minimum absolute atomic E-state index is 0.000935. The van der Waals surface area contributed by atoms with E-state index in [0.717, 1.165) is 64.2 Å². The molecule has 0 aromatic carbocycles. The maximum Gasteiger partial charge on any atom is 0.335 e. The van der Waals surface area contributed by atoms with Gasteiger partial charge in [-0.3, -0.25) is 4.79 Å². The lowest BCUT2D eigenvalue weighted by molar-refractivity contribution is -0.442. The van der Waals surface area contributed by atoms with E-state index in [9.17, 15) is 30.0 Å². The van der Waals surface area contributed by atoms with Gasteiger partial charge in [-0.1, -0.05) is 57.8 Å². The van der Waals surface area contributed by atoms with Crippen LogP contribution in [-0.2, 0) is 19.1 Å². The summed E-state index contributed by atoms with van der Waals surface area (Å²) in [6.45, 7) is -0.000935. The van der Waals surface area contributed by atoms with Crippen molar-refractivity contribution in [2.75, 3.05) is 6.61 Å². The van der Waals surface area contributed by atoms with Crippen molar-refractivity contribution in [3.05, 3.63) is 0 Å². The molecule has 1 saturated heterocycles. The average molecular weight is 436 g/mol. The second-order valence-electron chi connectivity index (χ2n) is 7.81. The molecule has 1 fully saturated rings. The number of aliphatic hydroxyl groups excluding tert-OH is 3. The quantitative estimate of drug-likeness (QED) is 0.151. The Balaban J connectivity index is 2.07. The van der Waals surface area contributed by atoms with Gasteiger partial charge in [0.15, 0.2) is 12.2 Å². The molecule has 0 saturated carbocycles. The molecular weight excluding hydrogens is 400 g/mol. The number of hydrogen-bond donors (Lipinski definition) is 6. The number of hydrogen-bond acceptors (Lipinski definition) is 8. The van der Waals surface area contributed by atoms with Gasteiger partial charge in [-0.2, -0.15) is 0 Å². The molecule has 1 rings (SSSR count). The minimum atomic E-state index is -2.69. The highest BCUT2D eigenvalue weighted by atomic mass is 16.8. The number of aliphatic carboxylic acids is 2. The van der Waals surface area contributed by atoms with Gasteiger partial charge in [0.1, 0.15) is 12.2 Å².